The van der Waals surface area contributed by atoms with Crippen LogP contribution in [-0.4, -0.2) is 35.4 Å². The zero-order chi connectivity index (χ0) is 23.4. The third kappa shape index (κ3) is 4.47. The summed E-state index contributed by atoms with van der Waals surface area (Å²) in [7, 11) is 0. The van der Waals surface area contributed by atoms with Gasteiger partial charge in [0.25, 0.3) is 0 Å². The van der Waals surface area contributed by atoms with Crippen LogP contribution < -0.4 is 0 Å². The molecule has 0 spiro atoms. The van der Waals surface area contributed by atoms with Crippen molar-refractivity contribution in [2.45, 2.75) is 69.9 Å². The van der Waals surface area contributed by atoms with Gasteiger partial charge in [-0.05, 0) is 156 Å². The Kier molecular flexibility index (Phi) is 6.50. The molecule has 5 heteroatoms. The quantitative estimate of drug-likeness (QED) is 0.262. The van der Waals surface area contributed by atoms with E-state index in [9.17, 15) is 5.11 Å². The number of aliphatic imine (C=N–C) groups is 1. The molecular weight excluding hydrogens is 646 g/mol. The predicted molar refractivity (Wildman–Crippen MR) is 156 cm³/mol. The van der Waals surface area contributed by atoms with Gasteiger partial charge in [0.05, 0.1) is 10.1 Å². The molecule has 3 nitrogen and oxygen atoms in total. The van der Waals surface area contributed by atoms with Gasteiger partial charge in [0.2, 0.25) is 0 Å². The second-order valence-electron chi connectivity index (χ2n) is 11.5. The summed E-state index contributed by atoms with van der Waals surface area (Å²) in [6.07, 6.45) is 11.8. The third-order valence-corrected chi connectivity index (χ3v) is 10.6. The number of aryl methyl sites for hydroxylation is 1. The lowest BCUT2D eigenvalue weighted by Crippen LogP contribution is -2.31. The van der Waals surface area contributed by atoms with Gasteiger partial charge >= 0.3 is 0 Å². The smallest absolute Gasteiger partial charge is 0.133 e. The minimum absolute atomic E-state index is 0.441. The average Bonchev–Trinajstić information content (AvgIpc) is 3.42. The molecule has 0 amide bonds. The monoisotopic (exact) mass is 680 g/mol. The Balaban J connectivity index is 1.15. The van der Waals surface area contributed by atoms with E-state index in [1.165, 1.54) is 59.6 Å². The highest BCUT2D eigenvalue weighted by Gasteiger charge is 2.56. The van der Waals surface area contributed by atoms with Crippen LogP contribution in [-0.2, 0) is 12.0 Å². The number of aromatic hydroxyl groups is 1. The number of phenolic OH excluding ortho intramolecular Hbond substituents is 1. The number of halogens is 2. The second-order valence-corrected chi connectivity index (χ2v) is 13.9. The van der Waals surface area contributed by atoms with Crippen molar-refractivity contribution < 1.29 is 5.11 Å². The molecule has 4 bridgehead atoms. The number of hydrogen-bond acceptors (Lipinski definition) is 3. The van der Waals surface area contributed by atoms with Gasteiger partial charge in [0.15, 0.2) is 0 Å². The Morgan fingerprint density at radius 2 is 1.88 bits per heavy atom. The first-order valence-corrected chi connectivity index (χ1v) is 15.1. The van der Waals surface area contributed by atoms with Gasteiger partial charge in [-0.2, -0.15) is 0 Å². The first-order valence-electron chi connectivity index (χ1n) is 12.9. The van der Waals surface area contributed by atoms with E-state index in [1.807, 2.05) is 6.07 Å². The molecule has 1 aliphatic heterocycles. The third-order valence-electron chi connectivity index (χ3n) is 9.17. The van der Waals surface area contributed by atoms with Gasteiger partial charge in [-0.25, -0.2) is 0 Å². The van der Waals surface area contributed by atoms with Crippen molar-refractivity contribution in [1.82, 2.24) is 4.90 Å². The van der Waals surface area contributed by atoms with Crippen molar-refractivity contribution >= 4 is 51.4 Å². The molecular formula is C29H34I2N2O. The van der Waals surface area contributed by atoms with Gasteiger partial charge in [0, 0.05) is 27.9 Å². The van der Waals surface area contributed by atoms with Gasteiger partial charge in [-0.15, -0.1) is 0 Å². The summed E-state index contributed by atoms with van der Waals surface area (Å²) < 4.78 is 2.12. The maximum atomic E-state index is 10.5. The average molecular weight is 680 g/mol. The molecule has 34 heavy (non-hydrogen) atoms. The van der Waals surface area contributed by atoms with E-state index < -0.39 is 0 Å². The summed E-state index contributed by atoms with van der Waals surface area (Å²) >= 11 is 4.57. The van der Waals surface area contributed by atoms with Gasteiger partial charge in [-0.3, -0.25) is 9.89 Å². The number of nitrogens with zero attached hydrogens (tertiary/aromatic N) is 2. The number of benzene rings is 2. The first-order chi connectivity index (χ1) is 16.4. The number of likely N-dealkylation sites (tertiary alicyclic amines) is 1. The molecule has 1 saturated heterocycles. The highest BCUT2D eigenvalue weighted by molar-refractivity contribution is 14.1. The molecule has 4 aliphatic carbocycles. The minimum atomic E-state index is 0.441. The highest BCUT2D eigenvalue weighted by Crippen LogP contribution is 2.64. The maximum absolute atomic E-state index is 10.5. The van der Waals surface area contributed by atoms with Crippen molar-refractivity contribution in [1.29, 1.82) is 0 Å². The zero-order valence-electron chi connectivity index (χ0n) is 19.9. The Labute approximate surface area is 231 Å². The summed E-state index contributed by atoms with van der Waals surface area (Å²) in [5, 5.41) is 10.5. The molecule has 180 valence electrons. The van der Waals surface area contributed by atoms with Gasteiger partial charge < -0.3 is 5.11 Å². The second kappa shape index (κ2) is 9.33. The van der Waals surface area contributed by atoms with Crippen LogP contribution in [0.1, 0.15) is 67.2 Å². The van der Waals surface area contributed by atoms with E-state index in [-0.39, 0.29) is 0 Å². The maximum Gasteiger partial charge on any atom is 0.133 e. The summed E-state index contributed by atoms with van der Waals surface area (Å²) in [4.78, 5) is 7.46. The molecule has 7 rings (SSSR count). The van der Waals surface area contributed by atoms with Crippen LogP contribution in [0.2, 0.25) is 0 Å². The fraction of sp³-hybridized carbons (Fsp3) is 0.552. The van der Waals surface area contributed by atoms with E-state index in [1.54, 1.807) is 5.56 Å². The molecule has 5 aliphatic rings. The van der Waals surface area contributed by atoms with Crippen molar-refractivity contribution in [3.05, 3.63) is 59.7 Å². The van der Waals surface area contributed by atoms with Crippen LogP contribution in [0.25, 0.3) is 0 Å². The first kappa shape index (κ1) is 23.7. The SMILES string of the molecule is Cc1cc(C=NCC2CCCN2Cc2cc(I)cc(I)c2O)cc(C23CC4CC(C2)C(C4)C3)c1. The molecule has 0 radical (unpaired) electrons. The van der Waals surface area contributed by atoms with Gasteiger partial charge in [0.1, 0.15) is 5.75 Å². The van der Waals surface area contributed by atoms with E-state index in [0.29, 0.717) is 17.2 Å². The summed E-state index contributed by atoms with van der Waals surface area (Å²) in [5.74, 6) is 3.43. The molecule has 3 unspecified atom stereocenters. The van der Waals surface area contributed by atoms with E-state index in [4.69, 9.17) is 4.99 Å². The minimum Gasteiger partial charge on any atom is -0.507 e. The van der Waals surface area contributed by atoms with Crippen molar-refractivity contribution in [3.63, 3.8) is 0 Å². The summed E-state index contributed by atoms with van der Waals surface area (Å²) in [6.45, 7) is 4.98. The Morgan fingerprint density at radius 3 is 2.65 bits per heavy atom. The van der Waals surface area contributed by atoms with Gasteiger partial charge in [-0.1, -0.05) is 17.7 Å². The van der Waals surface area contributed by atoms with Crippen molar-refractivity contribution in [2.24, 2.45) is 22.7 Å². The molecule has 5 fully saturated rings. The largest absolute Gasteiger partial charge is 0.507 e. The topological polar surface area (TPSA) is 35.8 Å². The van der Waals surface area contributed by atoms with E-state index >= 15 is 0 Å². The highest BCUT2D eigenvalue weighted by atomic mass is 127. The van der Waals surface area contributed by atoms with Crippen LogP contribution in [0.5, 0.6) is 5.75 Å². The lowest BCUT2D eigenvalue weighted by Gasteiger charge is -2.39. The predicted octanol–water partition coefficient (Wildman–Crippen LogP) is 7.07. The number of phenols is 1. The van der Waals surface area contributed by atoms with Crippen molar-refractivity contribution in [2.75, 3.05) is 13.1 Å². The molecule has 2 aromatic rings. The lowest BCUT2D eigenvalue weighted by atomic mass is 9.65. The van der Waals surface area contributed by atoms with Crippen LogP contribution >= 0.6 is 45.2 Å². The number of hydrogen-bond donors (Lipinski definition) is 1. The number of rotatable bonds is 6. The summed E-state index contributed by atoms with van der Waals surface area (Å²) in [6, 6.07) is 11.8. The fourth-order valence-corrected chi connectivity index (χ4v) is 9.87. The molecule has 1 N–H and O–H groups in total. The molecule has 0 aromatic heterocycles. The normalized spacial score (nSPS) is 32.4. The summed E-state index contributed by atoms with van der Waals surface area (Å²) in [5.41, 5.74) is 5.75. The zero-order valence-corrected chi connectivity index (χ0v) is 24.3. The molecule has 4 saturated carbocycles. The van der Waals surface area contributed by atoms with Crippen LogP contribution in [0.3, 0.4) is 0 Å². The van der Waals surface area contributed by atoms with Crippen LogP contribution in [0, 0.1) is 31.8 Å². The van der Waals surface area contributed by atoms with Crippen LogP contribution in [0.15, 0.2) is 35.3 Å². The van der Waals surface area contributed by atoms with Crippen molar-refractivity contribution in [3.8, 4) is 5.75 Å². The molecule has 1 heterocycles. The Hall–Kier alpha value is -0.670. The standard InChI is InChI=1S/C29H34I2N2O/c1-18-5-20(9-24(6-18)29-12-19-7-21(13-29)22(8-19)14-29)15-32-16-26-3-2-4-33(26)17-23-10-25(30)11-27(31)28(23)34/h5-6,9-11,15,19,21-22,26,34H,2-4,7-8,12-14,16-17H2,1H3. The van der Waals surface area contributed by atoms with E-state index in [2.05, 4.69) is 87.5 Å². The molecule has 2 aromatic carbocycles. The Morgan fingerprint density at radius 1 is 1.09 bits per heavy atom. The van der Waals surface area contributed by atoms with Crippen LogP contribution in [0.4, 0.5) is 0 Å². The van der Waals surface area contributed by atoms with E-state index in [0.717, 1.165) is 46.5 Å². The lowest BCUT2D eigenvalue weighted by molar-refractivity contribution is 0.229. The fourth-order valence-electron chi connectivity index (χ4n) is 7.91. The molecule has 3 atom stereocenters. The Bertz CT molecular complexity index is 1110.